The number of carboxylic acids is 1. The van der Waals surface area contributed by atoms with Crippen LogP contribution in [0.3, 0.4) is 0 Å². The van der Waals surface area contributed by atoms with Gasteiger partial charge < -0.3 is 15.2 Å². The van der Waals surface area contributed by atoms with Crippen molar-refractivity contribution in [2.75, 3.05) is 11.9 Å². The van der Waals surface area contributed by atoms with Gasteiger partial charge in [-0.15, -0.1) is 0 Å². The molecule has 0 aliphatic heterocycles. The van der Waals surface area contributed by atoms with Crippen LogP contribution >= 0.6 is 0 Å². The molecule has 0 radical (unpaired) electrons. The smallest absolute Gasteiger partial charge is 0.341 e. The fourth-order valence-electron chi connectivity index (χ4n) is 1.87. The summed E-state index contributed by atoms with van der Waals surface area (Å²) in [7, 11) is 0. The number of ether oxygens (including phenoxy) is 1. The molecule has 1 unspecified atom stereocenters. The number of esters is 1. The highest BCUT2D eigenvalue weighted by atomic mass is 16.5. The van der Waals surface area contributed by atoms with E-state index in [9.17, 15) is 9.59 Å². The lowest BCUT2D eigenvalue weighted by atomic mass is 10.1. The van der Waals surface area contributed by atoms with Crippen molar-refractivity contribution in [1.29, 1.82) is 0 Å². The van der Waals surface area contributed by atoms with Gasteiger partial charge in [-0.05, 0) is 25.5 Å². The van der Waals surface area contributed by atoms with Crippen LogP contribution in [0.1, 0.15) is 43.5 Å². The van der Waals surface area contributed by atoms with E-state index in [0.29, 0.717) is 17.8 Å². The minimum Gasteiger partial charge on any atom is -0.481 e. The van der Waals surface area contributed by atoms with Gasteiger partial charge in [-0.25, -0.2) is 9.78 Å². The van der Waals surface area contributed by atoms with Gasteiger partial charge in [0.05, 0.1) is 13.0 Å². The van der Waals surface area contributed by atoms with E-state index in [1.165, 1.54) is 0 Å². The highest BCUT2D eigenvalue weighted by molar-refractivity contribution is 5.94. The van der Waals surface area contributed by atoms with Crippen LogP contribution < -0.4 is 5.32 Å². The number of aliphatic carboxylic acids is 1. The normalized spacial score (nSPS) is 11.7. The number of carboxylic acid groups (broad SMARTS) is 1. The summed E-state index contributed by atoms with van der Waals surface area (Å²) in [5.41, 5.74) is 0.320. The summed E-state index contributed by atoms with van der Waals surface area (Å²) < 4.78 is 4.96. The molecule has 6 nitrogen and oxygen atoms in total. The SMILES string of the molecule is CCCC(CC(=O)O)Nc1ncccc1C(=O)OCC. The van der Waals surface area contributed by atoms with Crippen molar-refractivity contribution in [1.82, 2.24) is 4.98 Å². The van der Waals surface area contributed by atoms with Gasteiger partial charge in [0.1, 0.15) is 11.4 Å². The van der Waals surface area contributed by atoms with Gasteiger partial charge in [-0.2, -0.15) is 0 Å². The van der Waals surface area contributed by atoms with Gasteiger partial charge in [0.25, 0.3) is 0 Å². The van der Waals surface area contributed by atoms with Crippen LogP contribution in [0.4, 0.5) is 5.82 Å². The first-order valence-corrected chi connectivity index (χ1v) is 6.68. The predicted octanol–water partition coefficient (Wildman–Crippen LogP) is 2.31. The van der Waals surface area contributed by atoms with Gasteiger partial charge >= 0.3 is 11.9 Å². The molecule has 0 aliphatic rings. The van der Waals surface area contributed by atoms with Crippen molar-refractivity contribution < 1.29 is 19.4 Å². The first kappa shape index (κ1) is 15.9. The summed E-state index contributed by atoms with van der Waals surface area (Å²) in [5.74, 6) is -0.983. The molecule has 0 saturated heterocycles. The van der Waals surface area contributed by atoms with E-state index >= 15 is 0 Å². The highest BCUT2D eigenvalue weighted by Crippen LogP contribution is 2.17. The van der Waals surface area contributed by atoms with Gasteiger partial charge in [-0.3, -0.25) is 4.79 Å². The second-order valence-corrected chi connectivity index (χ2v) is 4.35. The van der Waals surface area contributed by atoms with Crippen LogP contribution in [0.5, 0.6) is 0 Å². The molecule has 1 heterocycles. The van der Waals surface area contributed by atoms with Crippen molar-refractivity contribution in [2.24, 2.45) is 0 Å². The zero-order valence-corrected chi connectivity index (χ0v) is 11.8. The van der Waals surface area contributed by atoms with Crippen molar-refractivity contribution in [3.05, 3.63) is 23.9 Å². The van der Waals surface area contributed by atoms with Gasteiger partial charge in [0, 0.05) is 12.2 Å². The number of hydrogen-bond donors (Lipinski definition) is 2. The summed E-state index contributed by atoms with van der Waals surface area (Å²) in [4.78, 5) is 26.8. The minimum atomic E-state index is -0.885. The highest BCUT2D eigenvalue weighted by Gasteiger charge is 2.18. The Balaban J connectivity index is 2.88. The lowest BCUT2D eigenvalue weighted by Gasteiger charge is -2.18. The Bertz CT molecular complexity index is 462. The van der Waals surface area contributed by atoms with Gasteiger partial charge in [0.15, 0.2) is 0 Å². The number of anilines is 1. The van der Waals surface area contributed by atoms with Crippen molar-refractivity contribution in [3.8, 4) is 0 Å². The minimum absolute atomic E-state index is 0.0212. The second kappa shape index (κ2) is 8.14. The molecular weight excluding hydrogens is 260 g/mol. The Kier molecular flexibility index (Phi) is 6.49. The quantitative estimate of drug-likeness (QED) is 0.710. The van der Waals surface area contributed by atoms with Crippen molar-refractivity contribution in [2.45, 2.75) is 39.2 Å². The van der Waals surface area contributed by atoms with Crippen LogP contribution in [-0.4, -0.2) is 34.7 Å². The van der Waals surface area contributed by atoms with Crippen molar-refractivity contribution in [3.63, 3.8) is 0 Å². The fraction of sp³-hybridized carbons (Fsp3) is 0.500. The monoisotopic (exact) mass is 280 g/mol. The maximum absolute atomic E-state index is 11.8. The number of hydrogen-bond acceptors (Lipinski definition) is 5. The molecule has 20 heavy (non-hydrogen) atoms. The van der Waals surface area contributed by atoms with Crippen LogP contribution in [0, 0.1) is 0 Å². The largest absolute Gasteiger partial charge is 0.481 e. The molecule has 6 heteroatoms. The Morgan fingerprint density at radius 3 is 2.80 bits per heavy atom. The molecule has 0 bridgehead atoms. The number of aromatic nitrogens is 1. The topological polar surface area (TPSA) is 88.5 Å². The molecule has 0 aliphatic carbocycles. The maximum Gasteiger partial charge on any atom is 0.341 e. The van der Waals surface area contributed by atoms with E-state index in [1.54, 1.807) is 25.3 Å². The fourth-order valence-corrected chi connectivity index (χ4v) is 1.87. The maximum atomic E-state index is 11.8. The Morgan fingerprint density at radius 1 is 1.45 bits per heavy atom. The number of carbonyl (C=O) groups is 2. The Hall–Kier alpha value is -2.11. The number of rotatable bonds is 8. The molecule has 0 fully saturated rings. The summed E-state index contributed by atoms with van der Waals surface area (Å²) in [6, 6.07) is 2.99. The molecule has 2 N–H and O–H groups in total. The number of nitrogens with zero attached hydrogens (tertiary/aromatic N) is 1. The molecule has 1 atom stereocenters. The molecule has 0 amide bonds. The van der Waals surface area contributed by atoms with E-state index in [0.717, 1.165) is 6.42 Å². The summed E-state index contributed by atoms with van der Waals surface area (Å²) >= 11 is 0. The van der Waals surface area contributed by atoms with Crippen LogP contribution in [0.25, 0.3) is 0 Å². The molecule has 0 aromatic carbocycles. The third-order valence-corrected chi connectivity index (χ3v) is 2.70. The third-order valence-electron chi connectivity index (χ3n) is 2.70. The van der Waals surface area contributed by atoms with Crippen LogP contribution in [0.2, 0.25) is 0 Å². The molecule has 1 rings (SSSR count). The molecule has 0 spiro atoms. The summed E-state index contributed by atoms with van der Waals surface area (Å²) in [6.07, 6.45) is 3.05. The lowest BCUT2D eigenvalue weighted by Crippen LogP contribution is -2.25. The molecule has 110 valence electrons. The Labute approximate surface area is 118 Å². The van der Waals surface area contributed by atoms with E-state index in [1.807, 2.05) is 6.92 Å². The molecule has 1 aromatic rings. The Morgan fingerprint density at radius 2 is 2.20 bits per heavy atom. The first-order valence-electron chi connectivity index (χ1n) is 6.68. The average Bonchev–Trinajstić information content (AvgIpc) is 2.39. The van der Waals surface area contributed by atoms with Gasteiger partial charge in [-0.1, -0.05) is 13.3 Å². The summed E-state index contributed by atoms with van der Waals surface area (Å²) in [5, 5.41) is 11.9. The summed E-state index contributed by atoms with van der Waals surface area (Å²) in [6.45, 7) is 3.98. The van der Waals surface area contributed by atoms with Crippen LogP contribution in [0.15, 0.2) is 18.3 Å². The van der Waals surface area contributed by atoms with Crippen LogP contribution in [-0.2, 0) is 9.53 Å². The van der Waals surface area contributed by atoms with E-state index in [-0.39, 0.29) is 19.1 Å². The van der Waals surface area contributed by atoms with E-state index in [2.05, 4.69) is 10.3 Å². The predicted molar refractivity (Wildman–Crippen MR) is 74.8 cm³/mol. The molecular formula is C14H20N2O4. The molecule has 1 aromatic heterocycles. The van der Waals surface area contributed by atoms with E-state index in [4.69, 9.17) is 9.84 Å². The van der Waals surface area contributed by atoms with Gasteiger partial charge in [0.2, 0.25) is 0 Å². The van der Waals surface area contributed by atoms with Crippen molar-refractivity contribution >= 4 is 17.8 Å². The zero-order chi connectivity index (χ0) is 15.0. The second-order valence-electron chi connectivity index (χ2n) is 4.35. The number of pyridine rings is 1. The number of nitrogens with one attached hydrogen (secondary N) is 1. The molecule has 0 saturated carbocycles. The standard InChI is InChI=1S/C14H20N2O4/c1-3-6-10(9-12(17)18)16-13-11(7-5-8-15-13)14(19)20-4-2/h5,7-8,10H,3-4,6,9H2,1-2H3,(H,15,16)(H,17,18). The average molecular weight is 280 g/mol. The lowest BCUT2D eigenvalue weighted by molar-refractivity contribution is -0.137. The zero-order valence-electron chi connectivity index (χ0n) is 11.8. The van der Waals surface area contributed by atoms with E-state index < -0.39 is 11.9 Å². The first-order chi connectivity index (χ1) is 9.58. The number of carbonyl (C=O) groups excluding carboxylic acids is 1. The third kappa shape index (κ3) is 4.87.